The minimum Gasteiger partial charge on any atom is -0.483 e. The van der Waals surface area contributed by atoms with Crippen LogP contribution in [0.25, 0.3) is 0 Å². The number of ether oxygens (including phenoxy) is 1. The topological polar surface area (TPSA) is 9.23 Å². The minimum atomic E-state index is 0.729. The van der Waals surface area contributed by atoms with E-state index in [1.165, 1.54) is 0 Å². The van der Waals surface area contributed by atoms with E-state index in [-0.39, 0.29) is 0 Å². The molecule has 0 aliphatic carbocycles. The second kappa shape index (κ2) is 2.82. The number of rotatable bonds is 1. The molecule has 0 N–H and O–H groups in total. The summed E-state index contributed by atoms with van der Waals surface area (Å²) in [6, 6.07) is 0. The number of hydrogen-bond donors (Lipinski definition) is 0. The summed E-state index contributed by atoms with van der Waals surface area (Å²) < 4.78 is 5.16. The molecule has 0 aromatic carbocycles. The monoisotopic (exact) mass is 128 g/mol. The van der Waals surface area contributed by atoms with Gasteiger partial charge >= 0.3 is 0 Å². The minimum absolute atomic E-state index is 0.729. The van der Waals surface area contributed by atoms with Crippen molar-refractivity contribution in [3.63, 3.8) is 0 Å². The zero-order valence-corrected chi connectivity index (χ0v) is 5.57. The summed E-state index contributed by atoms with van der Waals surface area (Å²) in [5.74, 6) is 0. The van der Waals surface area contributed by atoms with Crippen molar-refractivity contribution in [2.75, 3.05) is 12.9 Å². The van der Waals surface area contributed by atoms with Crippen LogP contribution in [0.2, 0.25) is 0 Å². The first-order valence-electron chi connectivity index (χ1n) is 2.47. The molecule has 0 fully saturated rings. The van der Waals surface area contributed by atoms with Gasteiger partial charge in [0.05, 0.1) is 0 Å². The van der Waals surface area contributed by atoms with Crippen LogP contribution in [-0.4, -0.2) is 12.9 Å². The summed E-state index contributed by atoms with van der Waals surface area (Å²) in [5.41, 5.74) is 0. The van der Waals surface area contributed by atoms with Crippen LogP contribution < -0.4 is 0 Å². The van der Waals surface area contributed by atoms with Gasteiger partial charge in [0.25, 0.3) is 0 Å². The molecule has 0 spiro atoms. The lowest BCUT2D eigenvalue weighted by molar-refractivity contribution is 0.274. The maximum atomic E-state index is 5.16. The fraction of sp³-hybridized carbons (Fsp3) is 0.333. The number of thioether (sulfide) groups is 1. The molecular formula is C6H8OS. The Bertz CT molecular complexity index is 126. The average Bonchev–Trinajstić information content (AvgIpc) is 1.90. The van der Waals surface area contributed by atoms with Gasteiger partial charge < -0.3 is 4.74 Å². The van der Waals surface area contributed by atoms with E-state index in [0.717, 1.165) is 11.7 Å². The maximum absolute atomic E-state index is 5.16. The van der Waals surface area contributed by atoms with E-state index in [1.54, 1.807) is 11.8 Å². The molecule has 1 aliphatic rings. The van der Waals surface area contributed by atoms with Crippen molar-refractivity contribution in [2.45, 2.75) is 0 Å². The maximum Gasteiger partial charge on any atom is 0.153 e. The van der Waals surface area contributed by atoms with Crippen LogP contribution in [-0.2, 0) is 4.74 Å². The highest BCUT2D eigenvalue weighted by atomic mass is 32.2. The molecule has 1 rings (SSSR count). The highest BCUT2D eigenvalue weighted by molar-refractivity contribution is 8.02. The van der Waals surface area contributed by atoms with Gasteiger partial charge in [0, 0.05) is 0 Å². The van der Waals surface area contributed by atoms with Gasteiger partial charge in [-0.3, -0.25) is 0 Å². The van der Waals surface area contributed by atoms with Gasteiger partial charge in [0.2, 0.25) is 0 Å². The van der Waals surface area contributed by atoms with Crippen molar-refractivity contribution in [3.8, 4) is 0 Å². The molecule has 0 radical (unpaired) electrons. The van der Waals surface area contributed by atoms with Gasteiger partial charge in [0.15, 0.2) is 5.09 Å². The molecule has 0 bridgehead atoms. The molecule has 0 aromatic heterocycles. The fourth-order valence-corrected chi connectivity index (χ4v) is 0.908. The first-order valence-corrected chi connectivity index (χ1v) is 3.69. The largest absolute Gasteiger partial charge is 0.483 e. The molecule has 1 heterocycles. The quantitative estimate of drug-likeness (QED) is 0.532. The Hall–Kier alpha value is -0.370. The van der Waals surface area contributed by atoms with E-state index >= 15 is 0 Å². The molecule has 0 unspecified atom stereocenters. The second-order valence-corrected chi connectivity index (χ2v) is 2.24. The molecule has 0 atom stereocenters. The van der Waals surface area contributed by atoms with Crippen LogP contribution >= 0.6 is 11.8 Å². The van der Waals surface area contributed by atoms with E-state index in [9.17, 15) is 0 Å². The predicted molar refractivity (Wildman–Crippen MR) is 36.7 cm³/mol. The lowest BCUT2D eigenvalue weighted by atomic mass is 10.4. The van der Waals surface area contributed by atoms with Crippen molar-refractivity contribution in [1.82, 2.24) is 0 Å². The molecule has 1 aliphatic heterocycles. The van der Waals surface area contributed by atoms with E-state index in [2.05, 4.69) is 0 Å². The van der Waals surface area contributed by atoms with Crippen LogP contribution in [0.4, 0.5) is 0 Å². The van der Waals surface area contributed by atoms with Gasteiger partial charge in [-0.15, -0.1) is 0 Å². The summed E-state index contributed by atoms with van der Waals surface area (Å²) in [5, 5.41) is 1.01. The lowest BCUT2D eigenvalue weighted by Crippen LogP contribution is -1.91. The summed E-state index contributed by atoms with van der Waals surface area (Å²) in [6.45, 7) is 0.729. The van der Waals surface area contributed by atoms with Crippen LogP contribution in [0.15, 0.2) is 23.3 Å². The molecule has 2 heteroatoms. The molecule has 0 saturated heterocycles. The molecule has 0 saturated carbocycles. The Morgan fingerprint density at radius 3 is 3.00 bits per heavy atom. The Labute approximate surface area is 53.4 Å². The Morgan fingerprint density at radius 2 is 2.62 bits per heavy atom. The van der Waals surface area contributed by atoms with E-state index in [1.807, 2.05) is 24.5 Å². The highest BCUT2D eigenvalue weighted by Gasteiger charge is 1.94. The summed E-state index contributed by atoms with van der Waals surface area (Å²) in [4.78, 5) is 0. The molecule has 0 aromatic rings. The smallest absolute Gasteiger partial charge is 0.153 e. The second-order valence-electron chi connectivity index (χ2n) is 1.43. The van der Waals surface area contributed by atoms with Gasteiger partial charge in [-0.2, -0.15) is 0 Å². The van der Waals surface area contributed by atoms with E-state index in [0.29, 0.717) is 0 Å². The van der Waals surface area contributed by atoms with Crippen LogP contribution in [0, 0.1) is 0 Å². The first kappa shape index (κ1) is 5.76. The van der Waals surface area contributed by atoms with Gasteiger partial charge in [-0.05, 0) is 18.4 Å². The van der Waals surface area contributed by atoms with Crippen molar-refractivity contribution < 1.29 is 4.74 Å². The summed E-state index contributed by atoms with van der Waals surface area (Å²) in [6.07, 6.45) is 7.97. The van der Waals surface area contributed by atoms with Crippen molar-refractivity contribution in [3.05, 3.63) is 23.3 Å². The Balaban J connectivity index is 2.50. The molecular weight excluding hydrogens is 120 g/mol. The molecule has 44 valence electrons. The number of allylic oxidation sites excluding steroid dienone is 2. The Morgan fingerprint density at radius 1 is 1.75 bits per heavy atom. The van der Waals surface area contributed by atoms with Crippen molar-refractivity contribution >= 4 is 11.8 Å². The van der Waals surface area contributed by atoms with Gasteiger partial charge in [-0.25, -0.2) is 0 Å². The standard InChI is InChI=1S/C6H8OS/c1-8-6-4-2-3-5-7-6/h2-4H,5H2,1H3. The van der Waals surface area contributed by atoms with Crippen LogP contribution in [0.3, 0.4) is 0 Å². The lowest BCUT2D eigenvalue weighted by Gasteiger charge is -2.06. The average molecular weight is 128 g/mol. The fourth-order valence-electron chi connectivity index (χ4n) is 0.507. The van der Waals surface area contributed by atoms with Gasteiger partial charge in [-0.1, -0.05) is 17.8 Å². The van der Waals surface area contributed by atoms with Gasteiger partial charge in [0.1, 0.15) is 6.61 Å². The zero-order valence-electron chi connectivity index (χ0n) is 4.76. The number of hydrogen-bond acceptors (Lipinski definition) is 2. The van der Waals surface area contributed by atoms with Crippen LogP contribution in [0.1, 0.15) is 0 Å². The zero-order chi connectivity index (χ0) is 5.82. The molecule has 0 amide bonds. The van der Waals surface area contributed by atoms with E-state index < -0.39 is 0 Å². The third-order valence-electron chi connectivity index (χ3n) is 0.891. The SMILES string of the molecule is CSC1=CC=CCO1. The first-order chi connectivity index (χ1) is 3.93. The van der Waals surface area contributed by atoms with Crippen molar-refractivity contribution in [1.29, 1.82) is 0 Å². The van der Waals surface area contributed by atoms with Crippen molar-refractivity contribution in [2.24, 2.45) is 0 Å². The molecule has 1 nitrogen and oxygen atoms in total. The van der Waals surface area contributed by atoms with E-state index in [4.69, 9.17) is 4.74 Å². The third kappa shape index (κ3) is 1.30. The normalized spacial score (nSPS) is 17.4. The Kier molecular flexibility index (Phi) is 2.03. The third-order valence-corrected chi connectivity index (χ3v) is 1.55. The summed E-state index contributed by atoms with van der Waals surface area (Å²) in [7, 11) is 0. The highest BCUT2D eigenvalue weighted by Crippen LogP contribution is 2.14. The predicted octanol–water partition coefficient (Wildman–Crippen LogP) is 1.78. The molecule has 8 heavy (non-hydrogen) atoms. The van der Waals surface area contributed by atoms with Crippen LogP contribution in [0.5, 0.6) is 0 Å². The summed E-state index contributed by atoms with van der Waals surface area (Å²) >= 11 is 1.63.